The van der Waals surface area contributed by atoms with E-state index in [4.69, 9.17) is 9.47 Å². The molecule has 0 atom stereocenters. The molecule has 0 fully saturated rings. The topological polar surface area (TPSA) is 81.7 Å². The zero-order chi connectivity index (χ0) is 19.4. The molecule has 6 nitrogen and oxygen atoms in total. The Morgan fingerprint density at radius 2 is 1.63 bits per heavy atom. The SMILES string of the molecule is COc1ccc2ccc(OCC(=O)Nc3ccccc3S(C)(=O)=O)cc2c1. The van der Waals surface area contributed by atoms with Crippen LogP contribution in [0.3, 0.4) is 0 Å². The maximum absolute atomic E-state index is 12.2. The number of carbonyl (C=O) groups excluding carboxylic acids is 1. The minimum atomic E-state index is -3.44. The average Bonchev–Trinajstić information content (AvgIpc) is 2.65. The predicted octanol–water partition coefficient (Wildman–Crippen LogP) is 3.27. The van der Waals surface area contributed by atoms with Crippen molar-refractivity contribution in [1.82, 2.24) is 0 Å². The van der Waals surface area contributed by atoms with Crippen LogP contribution in [0.15, 0.2) is 65.6 Å². The number of rotatable bonds is 6. The van der Waals surface area contributed by atoms with Crippen LogP contribution in [0.25, 0.3) is 10.8 Å². The number of para-hydroxylation sites is 1. The Labute approximate surface area is 157 Å². The van der Waals surface area contributed by atoms with Crippen LogP contribution in [-0.4, -0.2) is 34.3 Å². The summed E-state index contributed by atoms with van der Waals surface area (Å²) >= 11 is 0. The molecule has 3 aromatic rings. The number of anilines is 1. The van der Waals surface area contributed by atoms with Crippen molar-refractivity contribution < 1.29 is 22.7 Å². The lowest BCUT2D eigenvalue weighted by molar-refractivity contribution is -0.118. The highest BCUT2D eigenvalue weighted by molar-refractivity contribution is 7.90. The quantitative estimate of drug-likeness (QED) is 0.704. The molecule has 3 rings (SSSR count). The number of ether oxygens (including phenoxy) is 2. The molecule has 7 heteroatoms. The first-order valence-corrected chi connectivity index (χ1v) is 10.1. The van der Waals surface area contributed by atoms with Gasteiger partial charge in [0, 0.05) is 6.26 Å². The first kappa shape index (κ1) is 18.7. The molecule has 0 radical (unpaired) electrons. The summed E-state index contributed by atoms with van der Waals surface area (Å²) in [4.78, 5) is 12.2. The van der Waals surface area contributed by atoms with Crippen molar-refractivity contribution in [3.8, 4) is 11.5 Å². The van der Waals surface area contributed by atoms with Crippen LogP contribution in [0, 0.1) is 0 Å². The van der Waals surface area contributed by atoms with E-state index >= 15 is 0 Å². The molecule has 0 heterocycles. The lowest BCUT2D eigenvalue weighted by atomic mass is 10.1. The van der Waals surface area contributed by atoms with E-state index in [0.717, 1.165) is 22.8 Å². The molecule has 0 aromatic heterocycles. The monoisotopic (exact) mass is 385 g/mol. The van der Waals surface area contributed by atoms with Gasteiger partial charge in [-0.3, -0.25) is 4.79 Å². The van der Waals surface area contributed by atoms with Crippen LogP contribution in [0.1, 0.15) is 0 Å². The van der Waals surface area contributed by atoms with Gasteiger partial charge in [0.1, 0.15) is 11.5 Å². The van der Waals surface area contributed by atoms with E-state index in [0.29, 0.717) is 5.75 Å². The summed E-state index contributed by atoms with van der Waals surface area (Å²) in [5, 5.41) is 4.53. The molecule has 0 aliphatic heterocycles. The van der Waals surface area contributed by atoms with Gasteiger partial charge in [-0.05, 0) is 47.2 Å². The fourth-order valence-corrected chi connectivity index (χ4v) is 3.49. The summed E-state index contributed by atoms with van der Waals surface area (Å²) in [5.74, 6) is 0.814. The summed E-state index contributed by atoms with van der Waals surface area (Å²) < 4.78 is 34.4. The summed E-state index contributed by atoms with van der Waals surface area (Å²) in [6, 6.07) is 17.4. The number of sulfone groups is 1. The lowest BCUT2D eigenvalue weighted by Gasteiger charge is -2.11. The van der Waals surface area contributed by atoms with Gasteiger partial charge in [0.25, 0.3) is 5.91 Å². The van der Waals surface area contributed by atoms with Crippen LogP contribution in [0.5, 0.6) is 11.5 Å². The summed E-state index contributed by atoms with van der Waals surface area (Å²) in [5.41, 5.74) is 0.233. The van der Waals surface area contributed by atoms with Gasteiger partial charge in [-0.15, -0.1) is 0 Å². The van der Waals surface area contributed by atoms with E-state index in [2.05, 4.69) is 5.32 Å². The first-order valence-electron chi connectivity index (χ1n) is 8.16. The standard InChI is InChI=1S/C20H19NO5S/c1-25-16-9-7-14-8-10-17(12-15(14)11-16)26-13-20(22)21-18-5-3-4-6-19(18)27(2,23)24/h3-12H,13H2,1-2H3,(H,21,22). The Hall–Kier alpha value is -3.06. The molecule has 0 aliphatic rings. The zero-order valence-electron chi connectivity index (χ0n) is 14.9. The highest BCUT2D eigenvalue weighted by Crippen LogP contribution is 2.25. The van der Waals surface area contributed by atoms with Crippen molar-refractivity contribution in [3.05, 3.63) is 60.7 Å². The molecule has 0 spiro atoms. The third-order valence-electron chi connectivity index (χ3n) is 3.95. The number of benzene rings is 3. The number of nitrogens with one attached hydrogen (secondary N) is 1. The molecule has 3 aromatic carbocycles. The largest absolute Gasteiger partial charge is 0.497 e. The van der Waals surface area contributed by atoms with Gasteiger partial charge in [-0.2, -0.15) is 0 Å². The van der Waals surface area contributed by atoms with Crippen LogP contribution in [0.4, 0.5) is 5.69 Å². The Kier molecular flexibility index (Phi) is 5.32. The summed E-state index contributed by atoms with van der Waals surface area (Å²) in [6.45, 7) is -0.242. The molecule has 27 heavy (non-hydrogen) atoms. The van der Waals surface area contributed by atoms with Gasteiger partial charge in [0.15, 0.2) is 16.4 Å². The van der Waals surface area contributed by atoms with Crippen LogP contribution in [-0.2, 0) is 14.6 Å². The van der Waals surface area contributed by atoms with Crippen LogP contribution >= 0.6 is 0 Å². The fourth-order valence-electron chi connectivity index (χ4n) is 2.65. The number of methoxy groups -OCH3 is 1. The fraction of sp³-hybridized carbons (Fsp3) is 0.150. The molecule has 0 bridgehead atoms. The molecule has 0 saturated heterocycles. The van der Waals surface area contributed by atoms with E-state index in [1.165, 1.54) is 12.1 Å². The predicted molar refractivity (Wildman–Crippen MR) is 104 cm³/mol. The molecular weight excluding hydrogens is 366 g/mol. The number of fused-ring (bicyclic) bond motifs is 1. The third-order valence-corrected chi connectivity index (χ3v) is 5.10. The summed E-state index contributed by atoms with van der Waals surface area (Å²) in [6.07, 6.45) is 1.10. The maximum atomic E-state index is 12.2. The lowest BCUT2D eigenvalue weighted by Crippen LogP contribution is -2.21. The molecule has 0 aliphatic carbocycles. The number of hydrogen-bond acceptors (Lipinski definition) is 5. The highest BCUT2D eigenvalue weighted by Gasteiger charge is 2.14. The highest BCUT2D eigenvalue weighted by atomic mass is 32.2. The van der Waals surface area contributed by atoms with Gasteiger partial charge in [-0.25, -0.2) is 8.42 Å². The van der Waals surface area contributed by atoms with Crippen molar-refractivity contribution in [2.24, 2.45) is 0 Å². The second-order valence-corrected chi connectivity index (χ2v) is 7.96. The number of carbonyl (C=O) groups is 1. The Morgan fingerprint density at radius 3 is 2.33 bits per heavy atom. The van der Waals surface area contributed by atoms with Crippen LogP contribution in [0.2, 0.25) is 0 Å². The van der Waals surface area contributed by atoms with E-state index in [1.807, 2.05) is 30.3 Å². The maximum Gasteiger partial charge on any atom is 0.262 e. The van der Waals surface area contributed by atoms with Crippen molar-refractivity contribution in [3.63, 3.8) is 0 Å². The van der Waals surface area contributed by atoms with Crippen molar-refractivity contribution in [1.29, 1.82) is 0 Å². The summed E-state index contributed by atoms with van der Waals surface area (Å²) in [7, 11) is -1.85. The smallest absolute Gasteiger partial charge is 0.262 e. The Morgan fingerprint density at radius 1 is 0.963 bits per heavy atom. The molecular formula is C20H19NO5S. The van der Waals surface area contributed by atoms with E-state index in [9.17, 15) is 13.2 Å². The molecule has 0 unspecified atom stereocenters. The van der Waals surface area contributed by atoms with Gasteiger partial charge in [-0.1, -0.05) is 24.3 Å². The van der Waals surface area contributed by atoms with E-state index in [-0.39, 0.29) is 17.2 Å². The van der Waals surface area contributed by atoms with Gasteiger partial charge in [0.2, 0.25) is 0 Å². The molecule has 1 amide bonds. The molecule has 140 valence electrons. The Bertz CT molecular complexity index is 1090. The first-order chi connectivity index (χ1) is 12.9. The second kappa shape index (κ2) is 7.67. The number of hydrogen-bond donors (Lipinski definition) is 1. The van der Waals surface area contributed by atoms with E-state index < -0.39 is 15.7 Å². The van der Waals surface area contributed by atoms with Gasteiger partial charge < -0.3 is 14.8 Å². The van der Waals surface area contributed by atoms with Crippen molar-refractivity contribution >= 4 is 32.2 Å². The van der Waals surface area contributed by atoms with Crippen molar-refractivity contribution in [2.75, 3.05) is 25.3 Å². The minimum absolute atomic E-state index is 0.0659. The normalized spacial score (nSPS) is 11.2. The zero-order valence-corrected chi connectivity index (χ0v) is 15.7. The van der Waals surface area contributed by atoms with E-state index in [1.54, 1.807) is 25.3 Å². The van der Waals surface area contributed by atoms with Gasteiger partial charge in [0.05, 0.1) is 17.7 Å². The Balaban J connectivity index is 1.70. The molecule has 0 saturated carbocycles. The molecule has 1 N–H and O–H groups in total. The van der Waals surface area contributed by atoms with Crippen LogP contribution < -0.4 is 14.8 Å². The average molecular weight is 385 g/mol. The van der Waals surface area contributed by atoms with Crippen molar-refractivity contribution in [2.45, 2.75) is 4.90 Å². The minimum Gasteiger partial charge on any atom is -0.497 e. The second-order valence-electron chi connectivity index (χ2n) is 5.98. The number of amides is 1. The third kappa shape index (κ3) is 4.57. The van der Waals surface area contributed by atoms with Gasteiger partial charge >= 0.3 is 0 Å².